The molecule has 4 heterocycles. The van der Waals surface area contributed by atoms with Crippen LogP contribution in [-0.2, 0) is 4.57 Å². The second kappa shape index (κ2) is 7.96. The van der Waals surface area contributed by atoms with E-state index in [2.05, 4.69) is 4.98 Å². The van der Waals surface area contributed by atoms with Crippen LogP contribution in [0.4, 0.5) is 8.78 Å². The van der Waals surface area contributed by atoms with Crippen LogP contribution in [-0.4, -0.2) is 52.4 Å². The van der Waals surface area contributed by atoms with E-state index in [-0.39, 0.29) is 23.6 Å². The lowest BCUT2D eigenvalue weighted by molar-refractivity contribution is -0.0505. The lowest BCUT2D eigenvalue weighted by Gasteiger charge is -2.23. The normalized spacial score (nSPS) is 18.9. The number of fused-ring (bicyclic) bond motifs is 9. The van der Waals surface area contributed by atoms with Crippen LogP contribution >= 0.6 is 7.14 Å². The molecule has 4 aromatic rings. The molecule has 3 aromatic heterocycles. The molecule has 0 fully saturated rings. The van der Waals surface area contributed by atoms with Gasteiger partial charge in [-0.25, -0.2) is 4.52 Å². The minimum absolute atomic E-state index is 0.0154. The molecule has 0 spiro atoms. The van der Waals surface area contributed by atoms with Crippen molar-refractivity contribution in [2.45, 2.75) is 25.0 Å². The Morgan fingerprint density at radius 3 is 2.61 bits per heavy atom. The van der Waals surface area contributed by atoms with Crippen molar-refractivity contribution >= 4 is 24.0 Å². The molecule has 1 aliphatic carbocycles. The predicted molar refractivity (Wildman–Crippen MR) is 132 cm³/mol. The second-order valence-corrected chi connectivity index (χ2v) is 12.8. The molecule has 1 aliphatic heterocycles. The fourth-order valence-corrected chi connectivity index (χ4v) is 6.19. The Balaban J connectivity index is 1.53. The maximum atomic E-state index is 13.3. The number of amides is 1. The molecule has 1 amide bonds. The van der Waals surface area contributed by atoms with Gasteiger partial charge in [0, 0.05) is 47.6 Å². The number of nitrogens with zero attached hydrogens (tertiary/aromatic N) is 4. The Hall–Kier alpha value is -3.58. The smallest absolute Gasteiger partial charge is 0.387 e. The number of carbonyl (C=O) groups is 1. The van der Waals surface area contributed by atoms with Crippen molar-refractivity contribution in [3.8, 4) is 16.9 Å². The van der Waals surface area contributed by atoms with Crippen molar-refractivity contribution in [2.24, 2.45) is 0 Å². The van der Waals surface area contributed by atoms with Gasteiger partial charge in [0.1, 0.15) is 12.9 Å². The Kier molecular flexibility index (Phi) is 5.06. The average Bonchev–Trinajstić information content (AvgIpc) is 3.36. The molecule has 0 saturated heterocycles. The molecule has 184 valence electrons. The van der Waals surface area contributed by atoms with Gasteiger partial charge in [-0.3, -0.25) is 9.78 Å². The third kappa shape index (κ3) is 3.45. The van der Waals surface area contributed by atoms with Crippen LogP contribution in [0.5, 0.6) is 5.75 Å². The number of hydrogen-bond donors (Lipinski definition) is 0. The van der Waals surface area contributed by atoms with Crippen LogP contribution in [0.15, 0.2) is 54.9 Å². The Bertz CT molecular complexity index is 1580. The molecule has 1 aromatic carbocycles. The summed E-state index contributed by atoms with van der Waals surface area (Å²) in [6, 6.07) is 12.0. The van der Waals surface area contributed by atoms with Gasteiger partial charge < -0.3 is 14.2 Å². The number of halogens is 2. The largest absolute Gasteiger partial charge is 0.434 e. The van der Waals surface area contributed by atoms with Crippen molar-refractivity contribution in [3.63, 3.8) is 0 Å². The number of rotatable bonds is 4. The number of ether oxygens (including phenoxy) is 1. The first-order valence-corrected chi connectivity index (χ1v) is 14.1. The van der Waals surface area contributed by atoms with E-state index in [1.165, 1.54) is 6.07 Å². The number of benzene rings is 1. The maximum Gasteiger partial charge on any atom is 0.387 e. The highest BCUT2D eigenvalue weighted by Crippen LogP contribution is 2.53. The van der Waals surface area contributed by atoms with E-state index in [9.17, 15) is 18.1 Å². The average molecular weight is 508 g/mol. The fraction of sp³-hybridized carbons (Fsp3) is 0.269. The van der Waals surface area contributed by atoms with Gasteiger partial charge >= 0.3 is 6.61 Å². The first-order chi connectivity index (χ1) is 17.1. The Morgan fingerprint density at radius 2 is 1.92 bits per heavy atom. The van der Waals surface area contributed by atoms with E-state index in [4.69, 9.17) is 9.84 Å². The molecule has 0 saturated carbocycles. The summed E-state index contributed by atoms with van der Waals surface area (Å²) in [4.78, 5) is 19.3. The number of aromatic nitrogens is 3. The Labute approximate surface area is 206 Å². The molecule has 0 radical (unpaired) electrons. The van der Waals surface area contributed by atoms with Gasteiger partial charge in [-0.1, -0.05) is 12.1 Å². The SMILES string of the molecule is CN1C(=O)c2cccc(OC(F)F)c2[C@H]2C[C@@H]1c1nn3ccc(-c4ccc(P(C)(C)=O)nc4)cc3c12. The predicted octanol–water partition coefficient (Wildman–Crippen LogP) is 4.91. The fourth-order valence-electron chi connectivity index (χ4n) is 5.42. The van der Waals surface area contributed by atoms with E-state index in [0.29, 0.717) is 23.0 Å². The molecule has 0 N–H and O–H groups in total. The molecule has 2 atom stereocenters. The summed E-state index contributed by atoms with van der Waals surface area (Å²) in [6.45, 7) is 0.364. The van der Waals surface area contributed by atoms with E-state index in [1.807, 2.05) is 24.4 Å². The van der Waals surface area contributed by atoms with Crippen LogP contribution in [0.1, 0.15) is 45.6 Å². The van der Waals surface area contributed by atoms with Crippen LogP contribution < -0.4 is 10.2 Å². The van der Waals surface area contributed by atoms with Crippen LogP contribution in [0.3, 0.4) is 0 Å². The topological polar surface area (TPSA) is 76.8 Å². The summed E-state index contributed by atoms with van der Waals surface area (Å²) in [5.41, 5.74) is 5.66. The third-order valence-electron chi connectivity index (χ3n) is 7.11. The van der Waals surface area contributed by atoms with E-state index in [1.54, 1.807) is 54.2 Å². The Morgan fingerprint density at radius 1 is 1.11 bits per heavy atom. The lowest BCUT2D eigenvalue weighted by Crippen LogP contribution is -2.30. The first kappa shape index (κ1) is 22.9. The highest BCUT2D eigenvalue weighted by atomic mass is 31.2. The molecule has 2 aliphatic rings. The van der Waals surface area contributed by atoms with Crippen LogP contribution in [0.2, 0.25) is 0 Å². The minimum Gasteiger partial charge on any atom is -0.434 e. The molecule has 2 bridgehead atoms. The number of pyridine rings is 2. The summed E-state index contributed by atoms with van der Waals surface area (Å²) in [6.07, 6.45) is 4.09. The van der Waals surface area contributed by atoms with Gasteiger partial charge in [-0.2, -0.15) is 13.9 Å². The quantitative estimate of drug-likeness (QED) is 0.366. The van der Waals surface area contributed by atoms with Crippen LogP contribution in [0, 0.1) is 0 Å². The highest BCUT2D eigenvalue weighted by molar-refractivity contribution is 7.69. The molecule has 10 heteroatoms. The monoisotopic (exact) mass is 508 g/mol. The summed E-state index contributed by atoms with van der Waals surface area (Å²) >= 11 is 0. The standard InChI is InChI=1S/C26H23F2N4O3P/c1-31-19-12-17(22-16(25(31)33)5-4-6-20(22)35-26(27)28)23-18-11-14(9-10-32(18)30-24(19)23)15-7-8-21(29-13-15)36(2,3)34/h4-11,13,17,19,26H,12H2,1-3H3/t17-,19-/m1/s1. The molecular formula is C26H23F2N4O3P. The summed E-state index contributed by atoms with van der Waals surface area (Å²) < 4.78 is 45.6. The van der Waals surface area contributed by atoms with Gasteiger partial charge in [-0.15, -0.1) is 0 Å². The number of alkyl halides is 2. The van der Waals surface area contributed by atoms with E-state index in [0.717, 1.165) is 27.9 Å². The zero-order chi connectivity index (χ0) is 25.4. The van der Waals surface area contributed by atoms with Gasteiger partial charge in [0.05, 0.1) is 22.7 Å². The van der Waals surface area contributed by atoms with Gasteiger partial charge in [-0.05, 0) is 55.6 Å². The van der Waals surface area contributed by atoms with Crippen LogP contribution in [0.25, 0.3) is 16.6 Å². The third-order valence-corrected chi connectivity index (χ3v) is 8.47. The highest BCUT2D eigenvalue weighted by Gasteiger charge is 2.46. The van der Waals surface area contributed by atoms with Crippen molar-refractivity contribution in [2.75, 3.05) is 20.4 Å². The van der Waals surface area contributed by atoms with E-state index < -0.39 is 13.8 Å². The zero-order valence-corrected chi connectivity index (χ0v) is 20.7. The van der Waals surface area contributed by atoms with Gasteiger partial charge in [0.25, 0.3) is 5.91 Å². The molecular weight excluding hydrogens is 485 g/mol. The van der Waals surface area contributed by atoms with Crippen molar-refractivity contribution in [1.82, 2.24) is 19.5 Å². The van der Waals surface area contributed by atoms with Crippen molar-refractivity contribution < 1.29 is 22.9 Å². The molecule has 7 nitrogen and oxygen atoms in total. The molecule has 0 unspecified atom stereocenters. The summed E-state index contributed by atoms with van der Waals surface area (Å²) in [5, 5.41) is 4.79. The minimum atomic E-state index is -3.00. The van der Waals surface area contributed by atoms with Crippen molar-refractivity contribution in [1.29, 1.82) is 0 Å². The summed E-state index contributed by atoms with van der Waals surface area (Å²) in [5.74, 6) is -0.555. The van der Waals surface area contributed by atoms with Gasteiger partial charge in [0.2, 0.25) is 0 Å². The number of hydrogen-bond acceptors (Lipinski definition) is 5. The second-order valence-electron chi connectivity index (χ2n) is 9.62. The zero-order valence-electron chi connectivity index (χ0n) is 19.9. The summed E-state index contributed by atoms with van der Waals surface area (Å²) in [7, 11) is -0.746. The van der Waals surface area contributed by atoms with Crippen molar-refractivity contribution in [3.05, 3.63) is 77.2 Å². The number of carbonyl (C=O) groups excluding carboxylic acids is 1. The van der Waals surface area contributed by atoms with E-state index >= 15 is 0 Å². The first-order valence-electron chi connectivity index (χ1n) is 11.5. The molecule has 36 heavy (non-hydrogen) atoms. The maximum absolute atomic E-state index is 13.3. The van der Waals surface area contributed by atoms with Gasteiger partial charge in [0.15, 0.2) is 0 Å². The molecule has 6 rings (SSSR count). The lowest BCUT2D eigenvalue weighted by atomic mass is 9.88.